The van der Waals surface area contributed by atoms with Crippen molar-refractivity contribution in [1.82, 2.24) is 39.4 Å². The van der Waals surface area contributed by atoms with Gasteiger partial charge in [-0.1, -0.05) is 18.2 Å². The maximum absolute atomic E-state index is 13.0. The van der Waals surface area contributed by atoms with Crippen molar-refractivity contribution in [3.05, 3.63) is 82.9 Å². The molecule has 4 bridgehead atoms. The molecule has 0 saturated heterocycles. The van der Waals surface area contributed by atoms with E-state index in [-0.39, 0.29) is 56.0 Å². The predicted molar refractivity (Wildman–Crippen MR) is 287 cm³/mol. The number of carbonyl (C=O) groups is 5. The molecule has 74 heavy (non-hydrogen) atoms. The summed E-state index contributed by atoms with van der Waals surface area (Å²) in [5, 5.41) is 2.99. The summed E-state index contributed by atoms with van der Waals surface area (Å²) >= 11 is 0. The lowest BCUT2D eigenvalue weighted by molar-refractivity contribution is -0.157. The van der Waals surface area contributed by atoms with Gasteiger partial charge in [0, 0.05) is 95.5 Å². The van der Waals surface area contributed by atoms with Crippen molar-refractivity contribution >= 4 is 41.2 Å². The molecule has 0 aliphatic carbocycles. The van der Waals surface area contributed by atoms with E-state index >= 15 is 0 Å². The van der Waals surface area contributed by atoms with Crippen LogP contribution in [0.4, 0.5) is 11.4 Å². The highest BCUT2D eigenvalue weighted by atomic mass is 16.6. The average Bonchev–Trinajstić information content (AvgIpc) is 3.22. The van der Waals surface area contributed by atoms with Crippen LogP contribution in [-0.4, -0.2) is 184 Å². The Kier molecular flexibility index (Phi) is 22.5. The van der Waals surface area contributed by atoms with E-state index < -0.39 is 22.4 Å². The van der Waals surface area contributed by atoms with Crippen molar-refractivity contribution in [1.29, 1.82) is 0 Å². The van der Waals surface area contributed by atoms with Gasteiger partial charge in [0.25, 0.3) is 5.91 Å². The molecule has 2 aliphatic rings. The lowest BCUT2D eigenvalue weighted by Gasteiger charge is -2.30. The van der Waals surface area contributed by atoms with Gasteiger partial charge in [-0.05, 0) is 134 Å². The number of esters is 4. The summed E-state index contributed by atoms with van der Waals surface area (Å²) in [7, 11) is 4.07. The Labute approximate surface area is 440 Å². The number of benzene rings is 1. The molecule has 19 heteroatoms. The van der Waals surface area contributed by atoms with Gasteiger partial charge in [0.2, 0.25) is 0 Å². The third-order valence-corrected chi connectivity index (χ3v) is 11.0. The van der Waals surface area contributed by atoms with Crippen LogP contribution in [0.3, 0.4) is 0 Å². The first kappa shape index (κ1) is 61.0. The highest BCUT2D eigenvalue weighted by Gasteiger charge is 2.26. The smallest absolute Gasteiger partial charge is 0.320 e. The van der Waals surface area contributed by atoms with Crippen molar-refractivity contribution in [2.24, 2.45) is 0 Å². The standard InChI is InChI=1S/C31H45N5O5.C24H41N5O4/c1-30(2,3)40-27(37)21-35-15-13-34(7)14-16-36(22-28(38)41-31(4,5)6)20-26-18-24(17-25(19-35)32-26)33-29(39)23-11-9-8-10-12-23;1-23(2,3)32-21(30)16-28-10-8-27(7)9-11-29(17-22(31)33-24(4,5)6)15-20-13-18(25)12-19(14-28)26-20/h8-12,17-18H,13-16,19-22H2,1-7H3,(H,32,33,39);12-13H,8-11,14-17H2,1-7H3,(H2,25,26). The molecule has 1 aromatic carbocycles. The molecule has 0 unspecified atom stereocenters. The van der Waals surface area contributed by atoms with E-state index in [1.54, 1.807) is 12.1 Å². The molecule has 1 amide bonds. The predicted octanol–water partition coefficient (Wildman–Crippen LogP) is 5.46. The third kappa shape index (κ3) is 25.1. The van der Waals surface area contributed by atoms with Gasteiger partial charge in [0.05, 0.1) is 49.0 Å². The fraction of sp³-hybridized carbons (Fsp3) is 0.618. The quantitative estimate of drug-likeness (QED) is 0.191. The number of anilines is 2. The number of carbonyl (C=O) groups excluding carboxylic acids is 5. The van der Waals surface area contributed by atoms with Crippen LogP contribution in [0.25, 0.3) is 0 Å². The fourth-order valence-corrected chi connectivity index (χ4v) is 7.98. The lowest BCUT2D eigenvalue weighted by atomic mass is 10.2. The molecule has 0 saturated carbocycles. The minimum atomic E-state index is -0.578. The van der Waals surface area contributed by atoms with Crippen LogP contribution < -0.4 is 11.1 Å². The number of hydrogen-bond donors (Lipinski definition) is 2. The van der Waals surface area contributed by atoms with Gasteiger partial charge in [0.1, 0.15) is 22.4 Å². The molecule has 0 fully saturated rings. The molecular formula is C55H86N10O9. The molecule has 0 atom stereocenters. The van der Waals surface area contributed by atoms with E-state index in [0.29, 0.717) is 93.8 Å². The number of nitrogens with one attached hydrogen (secondary N) is 1. The number of nitrogens with zero attached hydrogens (tertiary/aromatic N) is 8. The van der Waals surface area contributed by atoms with E-state index in [0.717, 1.165) is 24.5 Å². The minimum Gasteiger partial charge on any atom is -0.459 e. The number of amides is 1. The van der Waals surface area contributed by atoms with E-state index in [2.05, 4.69) is 15.1 Å². The van der Waals surface area contributed by atoms with Crippen molar-refractivity contribution in [3.8, 4) is 0 Å². The molecule has 2 aliphatic heterocycles. The molecule has 0 radical (unpaired) electrons. The van der Waals surface area contributed by atoms with Gasteiger partial charge in [0.15, 0.2) is 0 Å². The molecule has 410 valence electrons. The second-order valence-electron chi connectivity index (χ2n) is 23.3. The molecule has 5 rings (SSSR count). The Bertz CT molecular complexity index is 2200. The highest BCUT2D eigenvalue weighted by Crippen LogP contribution is 2.20. The second kappa shape index (κ2) is 27.3. The van der Waals surface area contributed by atoms with Crippen LogP contribution >= 0.6 is 0 Å². The van der Waals surface area contributed by atoms with Crippen molar-refractivity contribution in [2.75, 3.05) is 104 Å². The van der Waals surface area contributed by atoms with Crippen LogP contribution in [-0.2, 0) is 64.3 Å². The molecule has 3 aromatic rings. The number of ether oxygens (including phenoxy) is 4. The van der Waals surface area contributed by atoms with Gasteiger partial charge < -0.3 is 39.8 Å². The maximum atomic E-state index is 13.0. The third-order valence-electron chi connectivity index (χ3n) is 11.0. The van der Waals surface area contributed by atoms with Gasteiger partial charge in [-0.15, -0.1) is 0 Å². The summed E-state index contributed by atoms with van der Waals surface area (Å²) < 4.78 is 22.2. The summed E-state index contributed by atoms with van der Waals surface area (Å²) in [6, 6.07) is 16.3. The fourth-order valence-electron chi connectivity index (χ4n) is 7.98. The number of pyridine rings is 2. The Balaban J connectivity index is 0.000000328. The number of nitrogens with two attached hydrogens (primary N) is 1. The average molecular weight is 1030 g/mol. The van der Waals surface area contributed by atoms with Crippen LogP contribution in [0.2, 0.25) is 0 Å². The van der Waals surface area contributed by atoms with E-state index in [4.69, 9.17) is 34.6 Å². The number of aromatic nitrogens is 2. The topological polar surface area (TPSA) is 206 Å². The number of likely N-dealkylation sites (N-methyl/N-ethyl adjacent to an activating group) is 2. The molecule has 19 nitrogen and oxygen atoms in total. The molecule has 2 aromatic heterocycles. The van der Waals surface area contributed by atoms with E-state index in [1.165, 1.54) is 0 Å². The first-order valence-corrected chi connectivity index (χ1v) is 25.6. The molecule has 0 spiro atoms. The van der Waals surface area contributed by atoms with Gasteiger partial charge >= 0.3 is 23.9 Å². The summed E-state index contributed by atoms with van der Waals surface area (Å²) in [6.45, 7) is 30.2. The largest absolute Gasteiger partial charge is 0.459 e. The van der Waals surface area contributed by atoms with Crippen LogP contribution in [0.5, 0.6) is 0 Å². The number of hydrogen-bond acceptors (Lipinski definition) is 18. The van der Waals surface area contributed by atoms with Gasteiger partial charge in [-0.25, -0.2) is 0 Å². The van der Waals surface area contributed by atoms with Gasteiger partial charge in [-0.3, -0.25) is 53.5 Å². The maximum Gasteiger partial charge on any atom is 0.320 e. The van der Waals surface area contributed by atoms with Crippen molar-refractivity contribution < 1.29 is 42.9 Å². The first-order valence-electron chi connectivity index (χ1n) is 25.6. The zero-order chi connectivity index (χ0) is 55.0. The van der Waals surface area contributed by atoms with E-state index in [1.807, 2.05) is 159 Å². The molecule has 3 N–H and O–H groups in total. The van der Waals surface area contributed by atoms with Crippen LogP contribution in [0.15, 0.2) is 54.6 Å². The summed E-state index contributed by atoms with van der Waals surface area (Å²) in [5.41, 5.74) is 8.68. The Hall–Kier alpha value is -5.57. The van der Waals surface area contributed by atoms with Gasteiger partial charge in [-0.2, -0.15) is 0 Å². The zero-order valence-corrected chi connectivity index (χ0v) is 46.8. The summed E-state index contributed by atoms with van der Waals surface area (Å²) in [5.74, 6) is -1.35. The highest BCUT2D eigenvalue weighted by molar-refractivity contribution is 6.04. The van der Waals surface area contributed by atoms with Crippen LogP contribution in [0.1, 0.15) is 116 Å². The van der Waals surface area contributed by atoms with E-state index in [9.17, 15) is 24.0 Å². The number of fused-ring (bicyclic) bond motifs is 4. The zero-order valence-electron chi connectivity index (χ0n) is 46.8. The minimum absolute atomic E-state index is 0.119. The first-order chi connectivity index (χ1) is 34.3. The number of rotatable bonds is 10. The monoisotopic (exact) mass is 1030 g/mol. The molecular weight excluding hydrogens is 945 g/mol. The molecule has 4 heterocycles. The lowest BCUT2D eigenvalue weighted by Crippen LogP contribution is -2.42. The summed E-state index contributed by atoms with van der Waals surface area (Å²) in [4.78, 5) is 85.4. The number of nitrogen functional groups attached to an aromatic ring is 1. The Morgan fingerprint density at radius 2 is 0.757 bits per heavy atom. The van der Waals surface area contributed by atoms with Crippen molar-refractivity contribution in [2.45, 2.75) is 132 Å². The normalized spacial score (nSPS) is 16.9. The van der Waals surface area contributed by atoms with Crippen LogP contribution in [0, 0.1) is 0 Å². The van der Waals surface area contributed by atoms with Crippen molar-refractivity contribution in [3.63, 3.8) is 0 Å². The SMILES string of the molecule is CN1CCN(CC(=O)OC(C)(C)C)Cc2cc(N)cc(n2)CN(CC(=O)OC(C)(C)C)CC1.CN1CCN(CC(=O)OC(C)(C)C)Cc2cc(NC(=O)c3ccccc3)cc(n2)CN(CC(=O)OC(C)(C)C)CC1. The Morgan fingerprint density at radius 3 is 1.04 bits per heavy atom. The Morgan fingerprint density at radius 1 is 0.473 bits per heavy atom. The second-order valence-corrected chi connectivity index (χ2v) is 23.3. The summed E-state index contributed by atoms with van der Waals surface area (Å²) in [6.07, 6.45) is 0.